The van der Waals surface area contributed by atoms with Gasteiger partial charge in [0.2, 0.25) is 11.8 Å². The van der Waals surface area contributed by atoms with Crippen molar-refractivity contribution in [1.82, 2.24) is 10.2 Å². The number of nitrogens with zero attached hydrogens (tertiary/aromatic N) is 1. The summed E-state index contributed by atoms with van der Waals surface area (Å²) in [6, 6.07) is 0. The first kappa shape index (κ1) is 12.7. The van der Waals surface area contributed by atoms with E-state index in [1.54, 1.807) is 11.9 Å². The van der Waals surface area contributed by atoms with Crippen LogP contribution < -0.4 is 5.32 Å². The van der Waals surface area contributed by atoms with Gasteiger partial charge < -0.3 is 10.2 Å². The first-order chi connectivity index (χ1) is 7.54. The van der Waals surface area contributed by atoms with Gasteiger partial charge in [-0.3, -0.25) is 14.4 Å². The van der Waals surface area contributed by atoms with Gasteiger partial charge in [-0.15, -0.1) is 0 Å². The Morgan fingerprint density at radius 3 is 2.62 bits per heavy atom. The van der Waals surface area contributed by atoms with Gasteiger partial charge in [-0.2, -0.15) is 0 Å². The second kappa shape index (κ2) is 5.63. The van der Waals surface area contributed by atoms with E-state index in [-0.39, 0.29) is 29.9 Å². The average Bonchev–Trinajstić information content (AvgIpc) is 2.27. The van der Waals surface area contributed by atoms with Crippen molar-refractivity contribution in [3.8, 4) is 0 Å². The molecule has 1 N–H and O–H groups in total. The Morgan fingerprint density at radius 1 is 1.38 bits per heavy atom. The van der Waals surface area contributed by atoms with Gasteiger partial charge in [0, 0.05) is 20.1 Å². The van der Waals surface area contributed by atoms with Gasteiger partial charge in [-0.1, -0.05) is 0 Å². The highest BCUT2D eigenvalue weighted by atomic mass is 16.2. The zero-order chi connectivity index (χ0) is 12.1. The highest BCUT2D eigenvalue weighted by Crippen LogP contribution is 2.17. The number of carbonyl (C=O) groups is 3. The van der Waals surface area contributed by atoms with Crippen molar-refractivity contribution >= 4 is 17.6 Å². The molecule has 1 atom stereocenters. The van der Waals surface area contributed by atoms with Crippen LogP contribution in [0.2, 0.25) is 0 Å². The van der Waals surface area contributed by atoms with E-state index in [0.717, 1.165) is 12.8 Å². The molecule has 1 fully saturated rings. The molecule has 2 amide bonds. The fraction of sp³-hybridized carbons (Fsp3) is 0.727. The Hall–Kier alpha value is -1.39. The summed E-state index contributed by atoms with van der Waals surface area (Å²) in [5.41, 5.74) is 0. The summed E-state index contributed by atoms with van der Waals surface area (Å²) in [7, 11) is 1.60. The molecule has 5 heteroatoms. The van der Waals surface area contributed by atoms with Crippen molar-refractivity contribution in [1.29, 1.82) is 0 Å². The zero-order valence-corrected chi connectivity index (χ0v) is 9.78. The Morgan fingerprint density at radius 2 is 2.06 bits per heavy atom. The summed E-state index contributed by atoms with van der Waals surface area (Å²) >= 11 is 0. The van der Waals surface area contributed by atoms with E-state index in [1.165, 1.54) is 6.92 Å². The summed E-state index contributed by atoms with van der Waals surface area (Å²) in [6.07, 6.45) is 1.58. The molecule has 1 heterocycles. The normalized spacial score (nSPS) is 20.4. The Labute approximate surface area is 95.2 Å². The molecule has 0 spiro atoms. The lowest BCUT2D eigenvalue weighted by Gasteiger charge is -2.31. The molecule has 16 heavy (non-hydrogen) atoms. The summed E-state index contributed by atoms with van der Waals surface area (Å²) in [6.45, 7) is 2.49. The summed E-state index contributed by atoms with van der Waals surface area (Å²) in [5.74, 6) is -0.455. The maximum Gasteiger partial charge on any atom is 0.230 e. The number of piperidine rings is 1. The van der Waals surface area contributed by atoms with Gasteiger partial charge in [0.05, 0.1) is 12.3 Å². The van der Waals surface area contributed by atoms with E-state index in [0.29, 0.717) is 13.1 Å². The van der Waals surface area contributed by atoms with Gasteiger partial charge >= 0.3 is 0 Å². The highest BCUT2D eigenvalue weighted by Gasteiger charge is 2.27. The number of rotatable bonds is 3. The highest BCUT2D eigenvalue weighted by molar-refractivity contribution is 5.97. The van der Waals surface area contributed by atoms with Crippen LogP contribution in [0.15, 0.2) is 0 Å². The van der Waals surface area contributed by atoms with Crippen molar-refractivity contribution in [2.45, 2.75) is 26.2 Å². The molecule has 0 aromatic carbocycles. The molecule has 1 aliphatic heterocycles. The standard InChI is InChI=1S/C11H18N2O3/c1-8(14)6-10(15)13-5-3-4-9(7-13)11(16)12-2/h9H,3-7H2,1-2H3,(H,12,16). The smallest absolute Gasteiger partial charge is 0.230 e. The molecule has 0 aromatic rings. The first-order valence-electron chi connectivity index (χ1n) is 5.53. The zero-order valence-electron chi connectivity index (χ0n) is 9.78. The fourth-order valence-corrected chi connectivity index (χ4v) is 1.95. The Balaban J connectivity index is 2.53. The third kappa shape index (κ3) is 3.32. The molecular formula is C11H18N2O3. The minimum atomic E-state index is -0.166. The van der Waals surface area contributed by atoms with Crippen molar-refractivity contribution in [3.05, 3.63) is 0 Å². The molecule has 1 aliphatic rings. The van der Waals surface area contributed by atoms with Gasteiger partial charge in [0.15, 0.2) is 0 Å². The quantitative estimate of drug-likeness (QED) is 0.686. The van der Waals surface area contributed by atoms with Gasteiger partial charge in [0.1, 0.15) is 5.78 Å². The summed E-state index contributed by atoms with van der Waals surface area (Å²) in [5, 5.41) is 2.59. The fourth-order valence-electron chi connectivity index (χ4n) is 1.95. The SMILES string of the molecule is CNC(=O)C1CCCN(C(=O)CC(C)=O)C1. The summed E-state index contributed by atoms with van der Waals surface area (Å²) in [4.78, 5) is 35.5. The number of carbonyl (C=O) groups excluding carboxylic acids is 3. The van der Waals surface area contributed by atoms with Gasteiger partial charge in [-0.05, 0) is 19.8 Å². The van der Waals surface area contributed by atoms with Crippen LogP contribution in [0, 0.1) is 5.92 Å². The number of hydrogen-bond donors (Lipinski definition) is 1. The number of nitrogens with one attached hydrogen (secondary N) is 1. The molecule has 0 bridgehead atoms. The topological polar surface area (TPSA) is 66.5 Å². The monoisotopic (exact) mass is 226 g/mol. The Kier molecular flexibility index (Phi) is 4.46. The van der Waals surface area contributed by atoms with E-state index in [9.17, 15) is 14.4 Å². The van der Waals surface area contributed by atoms with E-state index in [4.69, 9.17) is 0 Å². The molecule has 0 aliphatic carbocycles. The first-order valence-corrected chi connectivity index (χ1v) is 5.53. The summed E-state index contributed by atoms with van der Waals surface area (Å²) < 4.78 is 0. The third-order valence-electron chi connectivity index (χ3n) is 2.79. The van der Waals surface area contributed by atoms with Crippen LogP contribution in [0.3, 0.4) is 0 Å². The van der Waals surface area contributed by atoms with Crippen LogP contribution in [0.25, 0.3) is 0 Å². The second-order valence-corrected chi connectivity index (χ2v) is 4.17. The molecule has 1 rings (SSSR count). The van der Waals surface area contributed by atoms with E-state index in [1.807, 2.05) is 0 Å². The molecule has 0 aromatic heterocycles. The van der Waals surface area contributed by atoms with Crippen molar-refractivity contribution in [2.24, 2.45) is 5.92 Å². The maximum atomic E-state index is 11.6. The number of hydrogen-bond acceptors (Lipinski definition) is 3. The minimum Gasteiger partial charge on any atom is -0.359 e. The number of Topliss-reactive ketones (excluding diaryl/α,β-unsaturated/α-hetero) is 1. The van der Waals surface area contributed by atoms with Crippen LogP contribution in [-0.2, 0) is 14.4 Å². The molecule has 0 radical (unpaired) electrons. The van der Waals surface area contributed by atoms with Gasteiger partial charge in [0.25, 0.3) is 0 Å². The van der Waals surface area contributed by atoms with E-state index in [2.05, 4.69) is 5.32 Å². The predicted molar refractivity (Wildman–Crippen MR) is 58.7 cm³/mol. The van der Waals surface area contributed by atoms with Crippen molar-refractivity contribution in [3.63, 3.8) is 0 Å². The number of ketones is 1. The van der Waals surface area contributed by atoms with Crippen LogP contribution >= 0.6 is 0 Å². The molecule has 90 valence electrons. The van der Waals surface area contributed by atoms with E-state index >= 15 is 0 Å². The second-order valence-electron chi connectivity index (χ2n) is 4.17. The van der Waals surface area contributed by atoms with Gasteiger partial charge in [-0.25, -0.2) is 0 Å². The lowest BCUT2D eigenvalue weighted by Crippen LogP contribution is -2.45. The number of amides is 2. The van der Waals surface area contributed by atoms with Crippen LogP contribution in [0.5, 0.6) is 0 Å². The minimum absolute atomic E-state index is 0.0275. The molecule has 5 nitrogen and oxygen atoms in total. The maximum absolute atomic E-state index is 11.6. The van der Waals surface area contributed by atoms with E-state index < -0.39 is 0 Å². The third-order valence-corrected chi connectivity index (χ3v) is 2.79. The predicted octanol–water partition coefficient (Wildman–Crippen LogP) is -0.0499. The largest absolute Gasteiger partial charge is 0.359 e. The average molecular weight is 226 g/mol. The molecule has 1 saturated heterocycles. The molecule has 0 saturated carbocycles. The van der Waals surface area contributed by atoms with Crippen LogP contribution in [0.1, 0.15) is 26.2 Å². The molecular weight excluding hydrogens is 208 g/mol. The molecule has 1 unspecified atom stereocenters. The Bertz CT molecular complexity index is 302. The van der Waals surface area contributed by atoms with Crippen LogP contribution in [-0.4, -0.2) is 42.6 Å². The lowest BCUT2D eigenvalue weighted by atomic mass is 9.97. The van der Waals surface area contributed by atoms with Crippen molar-refractivity contribution < 1.29 is 14.4 Å². The number of likely N-dealkylation sites (tertiary alicyclic amines) is 1. The lowest BCUT2D eigenvalue weighted by molar-refractivity contribution is -0.137. The van der Waals surface area contributed by atoms with Crippen molar-refractivity contribution in [2.75, 3.05) is 20.1 Å². The van der Waals surface area contributed by atoms with Crippen LogP contribution in [0.4, 0.5) is 0 Å².